The molecule has 178 valence electrons. The molecule has 1 amide bonds. The Kier molecular flexibility index (Phi) is 8.40. The van der Waals surface area contributed by atoms with Gasteiger partial charge in [-0.2, -0.15) is 13.1 Å². The van der Waals surface area contributed by atoms with Crippen LogP contribution in [-0.2, 0) is 14.8 Å². The van der Waals surface area contributed by atoms with Crippen molar-refractivity contribution in [2.75, 3.05) is 25.5 Å². The second kappa shape index (κ2) is 11.2. The number of halogens is 2. The van der Waals surface area contributed by atoms with Crippen LogP contribution in [0.1, 0.15) is 31.2 Å². The van der Waals surface area contributed by atoms with Crippen LogP contribution in [0.25, 0.3) is 6.08 Å². The van der Waals surface area contributed by atoms with Gasteiger partial charge in [0.25, 0.3) is 0 Å². The summed E-state index contributed by atoms with van der Waals surface area (Å²) in [6.07, 6.45) is 6.39. The van der Waals surface area contributed by atoms with Gasteiger partial charge in [-0.15, -0.1) is 0 Å². The number of nitrogens with zero attached hydrogens (tertiary/aromatic N) is 1. The highest BCUT2D eigenvalue weighted by Gasteiger charge is 2.26. The summed E-state index contributed by atoms with van der Waals surface area (Å²) in [7, 11) is -2.27. The molecule has 1 N–H and O–H groups in total. The Balaban J connectivity index is 1.74. The first-order chi connectivity index (χ1) is 15.8. The van der Waals surface area contributed by atoms with E-state index in [1.807, 2.05) is 0 Å². The van der Waals surface area contributed by atoms with E-state index in [9.17, 15) is 22.0 Å². The molecule has 10 heteroatoms. The van der Waals surface area contributed by atoms with Gasteiger partial charge in [0.15, 0.2) is 0 Å². The van der Waals surface area contributed by atoms with Crippen LogP contribution in [0.15, 0.2) is 53.4 Å². The largest absolute Gasteiger partial charge is 0.495 e. The number of alkyl halides is 2. The number of carbonyl (C=O) groups is 1. The Morgan fingerprint density at radius 1 is 1.06 bits per heavy atom. The van der Waals surface area contributed by atoms with Gasteiger partial charge in [-0.3, -0.25) is 4.79 Å². The third-order valence-corrected chi connectivity index (χ3v) is 7.06. The van der Waals surface area contributed by atoms with Crippen LogP contribution < -0.4 is 14.8 Å². The van der Waals surface area contributed by atoms with Crippen molar-refractivity contribution in [1.29, 1.82) is 0 Å². The third kappa shape index (κ3) is 6.75. The van der Waals surface area contributed by atoms with Gasteiger partial charge in [-0.25, -0.2) is 8.42 Å². The lowest BCUT2D eigenvalue weighted by atomic mass is 10.2. The van der Waals surface area contributed by atoms with Crippen LogP contribution in [0.4, 0.5) is 14.5 Å². The monoisotopic (exact) mass is 480 g/mol. The predicted molar refractivity (Wildman–Crippen MR) is 121 cm³/mol. The number of hydrogen-bond donors (Lipinski definition) is 1. The standard InChI is InChI=1S/C23H26F2N2O5S/c1-31-21-12-11-19(33(29,30)27-14-4-2-3-5-15-27)16-20(21)26-22(28)13-8-17-6-9-18(10-7-17)32-23(24)25/h6-13,16,23H,2-5,14-15H2,1H3,(H,26,28)/b13-8+. The van der Waals surface area contributed by atoms with Gasteiger partial charge in [0.2, 0.25) is 15.9 Å². The van der Waals surface area contributed by atoms with E-state index in [4.69, 9.17) is 4.74 Å². The third-order valence-electron chi connectivity index (χ3n) is 5.16. The quantitative estimate of drug-likeness (QED) is 0.562. The molecule has 0 atom stereocenters. The Morgan fingerprint density at radius 2 is 1.73 bits per heavy atom. The number of anilines is 1. The average Bonchev–Trinajstić information content (AvgIpc) is 3.08. The fourth-order valence-corrected chi connectivity index (χ4v) is 5.03. The molecule has 1 heterocycles. The number of amides is 1. The summed E-state index contributed by atoms with van der Waals surface area (Å²) in [6, 6.07) is 10.1. The molecule has 1 fully saturated rings. The lowest BCUT2D eigenvalue weighted by molar-refractivity contribution is -0.111. The molecule has 2 aromatic rings. The van der Waals surface area contributed by atoms with Crippen molar-refractivity contribution in [3.63, 3.8) is 0 Å². The Hall–Kier alpha value is -2.98. The van der Waals surface area contributed by atoms with Crippen molar-refractivity contribution in [1.82, 2.24) is 4.31 Å². The van der Waals surface area contributed by atoms with E-state index in [1.54, 1.807) is 0 Å². The fraction of sp³-hybridized carbons (Fsp3) is 0.348. The van der Waals surface area contributed by atoms with Crippen LogP contribution in [0, 0.1) is 0 Å². The molecule has 33 heavy (non-hydrogen) atoms. The van der Waals surface area contributed by atoms with Gasteiger partial charge in [0.05, 0.1) is 17.7 Å². The lowest BCUT2D eigenvalue weighted by Gasteiger charge is -2.20. The van der Waals surface area contributed by atoms with Crippen molar-refractivity contribution >= 4 is 27.7 Å². The number of ether oxygens (including phenoxy) is 2. The summed E-state index contributed by atoms with van der Waals surface area (Å²) in [4.78, 5) is 12.5. The van der Waals surface area contributed by atoms with Gasteiger partial charge in [0, 0.05) is 19.2 Å². The summed E-state index contributed by atoms with van der Waals surface area (Å²) < 4.78 is 61.7. The molecule has 1 saturated heterocycles. The first-order valence-corrected chi connectivity index (χ1v) is 12.0. The fourth-order valence-electron chi connectivity index (χ4n) is 3.48. The zero-order valence-electron chi connectivity index (χ0n) is 18.2. The molecule has 7 nitrogen and oxygen atoms in total. The predicted octanol–water partition coefficient (Wildman–Crippen LogP) is 4.51. The lowest BCUT2D eigenvalue weighted by Crippen LogP contribution is -2.32. The molecular formula is C23H26F2N2O5S. The van der Waals surface area contributed by atoms with Crippen LogP contribution in [0.5, 0.6) is 11.5 Å². The second-order valence-corrected chi connectivity index (χ2v) is 9.39. The number of carbonyl (C=O) groups excluding carboxylic acids is 1. The van der Waals surface area contributed by atoms with E-state index in [1.165, 1.54) is 66.0 Å². The minimum Gasteiger partial charge on any atom is -0.495 e. The number of methoxy groups -OCH3 is 1. The van der Waals surface area contributed by atoms with Crippen molar-refractivity contribution in [2.45, 2.75) is 37.2 Å². The summed E-state index contributed by atoms with van der Waals surface area (Å²) in [6.45, 7) is -1.97. The van der Waals surface area contributed by atoms with Crippen molar-refractivity contribution in [3.8, 4) is 11.5 Å². The van der Waals surface area contributed by atoms with Gasteiger partial charge in [-0.1, -0.05) is 25.0 Å². The van der Waals surface area contributed by atoms with Crippen LogP contribution >= 0.6 is 0 Å². The van der Waals surface area contributed by atoms with Crippen LogP contribution in [0.3, 0.4) is 0 Å². The highest BCUT2D eigenvalue weighted by atomic mass is 32.2. The maximum atomic E-state index is 13.1. The molecule has 0 bridgehead atoms. The first-order valence-electron chi connectivity index (χ1n) is 10.5. The van der Waals surface area contributed by atoms with Gasteiger partial charge >= 0.3 is 6.61 Å². The van der Waals surface area contributed by atoms with Gasteiger partial charge in [0.1, 0.15) is 11.5 Å². The zero-order chi connectivity index (χ0) is 23.8. The Morgan fingerprint density at radius 3 is 2.33 bits per heavy atom. The summed E-state index contributed by atoms with van der Waals surface area (Å²) >= 11 is 0. The topological polar surface area (TPSA) is 84.9 Å². The molecule has 0 aliphatic carbocycles. The summed E-state index contributed by atoms with van der Waals surface area (Å²) in [5.41, 5.74) is 0.819. The number of hydrogen-bond acceptors (Lipinski definition) is 5. The molecule has 3 rings (SSSR count). The summed E-state index contributed by atoms with van der Waals surface area (Å²) in [5, 5.41) is 2.64. The highest BCUT2D eigenvalue weighted by molar-refractivity contribution is 7.89. The molecule has 0 saturated carbocycles. The van der Waals surface area contributed by atoms with Crippen LogP contribution in [0.2, 0.25) is 0 Å². The SMILES string of the molecule is COc1ccc(S(=O)(=O)N2CCCCCC2)cc1NC(=O)/C=C/c1ccc(OC(F)F)cc1. The molecule has 1 aliphatic rings. The number of sulfonamides is 1. The van der Waals surface area contributed by atoms with E-state index in [0.717, 1.165) is 25.7 Å². The maximum absolute atomic E-state index is 13.1. The Labute approximate surface area is 192 Å². The molecule has 0 spiro atoms. The molecule has 1 aliphatic heterocycles. The van der Waals surface area contributed by atoms with E-state index < -0.39 is 22.5 Å². The smallest absolute Gasteiger partial charge is 0.387 e. The van der Waals surface area contributed by atoms with Crippen molar-refractivity contribution < 1.29 is 31.5 Å². The van der Waals surface area contributed by atoms with E-state index >= 15 is 0 Å². The van der Waals surface area contributed by atoms with Crippen LogP contribution in [-0.4, -0.2) is 45.4 Å². The van der Waals surface area contributed by atoms with Gasteiger partial charge in [-0.05, 0) is 54.8 Å². The minimum atomic E-state index is -3.69. The zero-order valence-corrected chi connectivity index (χ0v) is 19.0. The number of rotatable bonds is 8. The molecule has 0 radical (unpaired) electrons. The molecular weight excluding hydrogens is 454 g/mol. The average molecular weight is 481 g/mol. The Bertz CT molecular complexity index is 1080. The first kappa shape index (κ1) is 24.7. The maximum Gasteiger partial charge on any atom is 0.387 e. The molecule has 2 aromatic carbocycles. The minimum absolute atomic E-state index is 0.0128. The number of nitrogens with one attached hydrogen (secondary N) is 1. The van der Waals surface area contributed by atoms with E-state index in [-0.39, 0.29) is 16.3 Å². The van der Waals surface area contributed by atoms with Gasteiger partial charge < -0.3 is 14.8 Å². The molecule has 0 unspecified atom stereocenters. The van der Waals surface area contributed by atoms with E-state index in [2.05, 4.69) is 10.1 Å². The highest BCUT2D eigenvalue weighted by Crippen LogP contribution is 2.30. The second-order valence-electron chi connectivity index (χ2n) is 7.45. The van der Waals surface area contributed by atoms with E-state index in [0.29, 0.717) is 24.4 Å². The van der Waals surface area contributed by atoms with Crippen molar-refractivity contribution in [2.24, 2.45) is 0 Å². The number of benzene rings is 2. The molecule has 0 aromatic heterocycles. The summed E-state index contributed by atoms with van der Waals surface area (Å²) in [5.74, 6) is -0.177. The normalized spacial score (nSPS) is 15.4. The van der Waals surface area contributed by atoms with Crippen molar-refractivity contribution in [3.05, 3.63) is 54.1 Å².